The molecule has 1 aromatic rings. The second-order valence-corrected chi connectivity index (χ2v) is 4.89. The van der Waals surface area contributed by atoms with Gasteiger partial charge in [-0.1, -0.05) is 20.3 Å². The standard InChI is InChI=1S/C12H21N5S.ClH/c1-3-6-9(4-2)15-12(17-11(13)14)16-10-7-5-8-18-10;/h5,7-9H,3-4,6H2,1-2H3,(H5,13,14,15,16,17);1H. The van der Waals surface area contributed by atoms with E-state index in [4.69, 9.17) is 11.5 Å². The van der Waals surface area contributed by atoms with E-state index in [2.05, 4.69) is 29.1 Å². The highest BCUT2D eigenvalue weighted by molar-refractivity contribution is 7.14. The number of halogens is 1. The Morgan fingerprint density at radius 3 is 2.63 bits per heavy atom. The van der Waals surface area contributed by atoms with Crippen molar-refractivity contribution in [1.82, 2.24) is 0 Å². The molecule has 0 spiro atoms. The van der Waals surface area contributed by atoms with Crippen molar-refractivity contribution < 1.29 is 0 Å². The van der Waals surface area contributed by atoms with Crippen molar-refractivity contribution in [2.45, 2.75) is 39.2 Å². The van der Waals surface area contributed by atoms with Crippen LogP contribution >= 0.6 is 23.7 Å². The van der Waals surface area contributed by atoms with E-state index in [0.717, 1.165) is 24.3 Å². The van der Waals surface area contributed by atoms with Crippen LogP contribution in [0.4, 0.5) is 5.00 Å². The highest BCUT2D eigenvalue weighted by atomic mass is 35.5. The van der Waals surface area contributed by atoms with Crippen LogP contribution in [-0.2, 0) is 0 Å². The van der Waals surface area contributed by atoms with Gasteiger partial charge in [-0.3, -0.25) is 0 Å². The third-order valence-electron chi connectivity index (χ3n) is 2.39. The predicted octanol–water partition coefficient (Wildman–Crippen LogP) is 2.79. The Balaban J connectivity index is 0.00000324. The SMILES string of the molecule is CCCC(CC)N=C(N=C(N)N)Nc1cccs1.Cl. The maximum Gasteiger partial charge on any atom is 0.226 e. The van der Waals surface area contributed by atoms with Crippen LogP contribution in [0.25, 0.3) is 0 Å². The number of aliphatic imine (C=N–C) groups is 2. The summed E-state index contributed by atoms with van der Waals surface area (Å²) in [6, 6.07) is 4.17. The fourth-order valence-electron chi connectivity index (χ4n) is 1.54. The molecule has 0 bridgehead atoms. The second-order valence-electron chi connectivity index (χ2n) is 3.94. The van der Waals surface area contributed by atoms with E-state index in [1.165, 1.54) is 0 Å². The van der Waals surface area contributed by atoms with Crippen LogP contribution < -0.4 is 16.8 Å². The van der Waals surface area contributed by atoms with E-state index in [9.17, 15) is 0 Å². The summed E-state index contributed by atoms with van der Waals surface area (Å²) < 4.78 is 0. The van der Waals surface area contributed by atoms with Crippen molar-refractivity contribution in [2.75, 3.05) is 5.32 Å². The number of nitrogens with zero attached hydrogens (tertiary/aromatic N) is 2. The van der Waals surface area contributed by atoms with Crippen LogP contribution in [0.3, 0.4) is 0 Å². The van der Waals surface area contributed by atoms with Gasteiger partial charge < -0.3 is 16.8 Å². The molecule has 0 fully saturated rings. The van der Waals surface area contributed by atoms with Crippen LogP contribution in [0.15, 0.2) is 27.5 Å². The van der Waals surface area contributed by atoms with E-state index in [-0.39, 0.29) is 24.4 Å². The summed E-state index contributed by atoms with van der Waals surface area (Å²) in [6.45, 7) is 4.26. The molecule has 0 saturated carbocycles. The van der Waals surface area contributed by atoms with Crippen molar-refractivity contribution in [3.8, 4) is 0 Å². The fraction of sp³-hybridized carbons (Fsp3) is 0.500. The minimum Gasteiger partial charge on any atom is -0.370 e. The molecule has 19 heavy (non-hydrogen) atoms. The summed E-state index contributed by atoms with van der Waals surface area (Å²) >= 11 is 1.58. The van der Waals surface area contributed by atoms with Crippen LogP contribution in [0.1, 0.15) is 33.1 Å². The van der Waals surface area contributed by atoms with E-state index >= 15 is 0 Å². The van der Waals surface area contributed by atoms with Gasteiger partial charge in [-0.25, -0.2) is 4.99 Å². The second kappa shape index (κ2) is 9.63. The van der Waals surface area contributed by atoms with E-state index in [1.807, 2.05) is 17.5 Å². The highest BCUT2D eigenvalue weighted by Crippen LogP contribution is 2.16. The van der Waals surface area contributed by atoms with Gasteiger partial charge in [0.25, 0.3) is 0 Å². The molecule has 0 aromatic carbocycles. The van der Waals surface area contributed by atoms with Gasteiger partial charge in [0.05, 0.1) is 11.0 Å². The summed E-state index contributed by atoms with van der Waals surface area (Å²) in [5.41, 5.74) is 10.8. The molecule has 0 aliphatic heterocycles. The Bertz CT molecular complexity index is 398. The predicted molar refractivity (Wildman–Crippen MR) is 87.4 cm³/mol. The molecule has 1 heterocycles. The quantitative estimate of drug-likeness (QED) is 0.577. The lowest BCUT2D eigenvalue weighted by atomic mass is 10.1. The topological polar surface area (TPSA) is 88.8 Å². The number of nitrogens with one attached hydrogen (secondary N) is 1. The molecule has 7 heteroatoms. The molecule has 5 N–H and O–H groups in total. The molecule has 0 saturated heterocycles. The van der Waals surface area contributed by atoms with Gasteiger partial charge in [0.1, 0.15) is 0 Å². The van der Waals surface area contributed by atoms with E-state index in [0.29, 0.717) is 5.96 Å². The van der Waals surface area contributed by atoms with Gasteiger partial charge in [0.2, 0.25) is 5.96 Å². The molecule has 1 aromatic heterocycles. The largest absolute Gasteiger partial charge is 0.370 e. The van der Waals surface area contributed by atoms with Gasteiger partial charge in [0.15, 0.2) is 5.96 Å². The minimum absolute atomic E-state index is 0. The minimum atomic E-state index is 0. The smallest absolute Gasteiger partial charge is 0.226 e. The van der Waals surface area contributed by atoms with Crippen LogP contribution in [0.2, 0.25) is 0 Å². The molecule has 0 radical (unpaired) electrons. The molecule has 0 amide bonds. The van der Waals surface area contributed by atoms with Crippen molar-refractivity contribution in [3.63, 3.8) is 0 Å². The van der Waals surface area contributed by atoms with Gasteiger partial charge in [0, 0.05) is 0 Å². The summed E-state index contributed by atoms with van der Waals surface area (Å²) in [6.07, 6.45) is 3.10. The average molecular weight is 304 g/mol. The first-order chi connectivity index (χ1) is 8.65. The molecule has 108 valence electrons. The number of thiophene rings is 1. The fourth-order valence-corrected chi connectivity index (χ4v) is 2.15. The molecule has 1 atom stereocenters. The van der Waals surface area contributed by atoms with Crippen molar-refractivity contribution in [1.29, 1.82) is 0 Å². The Kier molecular flexibility index (Phi) is 8.99. The first-order valence-electron chi connectivity index (χ1n) is 6.13. The Hall–Kier alpha value is -1.27. The summed E-state index contributed by atoms with van der Waals surface area (Å²) in [5, 5.41) is 6.10. The van der Waals surface area contributed by atoms with Crippen LogP contribution in [0.5, 0.6) is 0 Å². The summed E-state index contributed by atoms with van der Waals surface area (Å²) in [7, 11) is 0. The zero-order chi connectivity index (χ0) is 13.4. The molecule has 1 unspecified atom stereocenters. The molecular weight excluding hydrogens is 282 g/mol. The molecule has 0 aliphatic rings. The van der Waals surface area contributed by atoms with E-state index < -0.39 is 0 Å². The number of guanidine groups is 2. The zero-order valence-electron chi connectivity index (χ0n) is 11.3. The third-order valence-corrected chi connectivity index (χ3v) is 3.17. The normalized spacial score (nSPS) is 12.4. The summed E-state index contributed by atoms with van der Waals surface area (Å²) in [5.74, 6) is 0.502. The third kappa shape index (κ3) is 7.03. The maximum absolute atomic E-state index is 5.42. The highest BCUT2D eigenvalue weighted by Gasteiger charge is 2.06. The molecule has 5 nitrogen and oxygen atoms in total. The van der Waals surface area contributed by atoms with Crippen molar-refractivity contribution in [2.24, 2.45) is 21.5 Å². The first-order valence-corrected chi connectivity index (χ1v) is 7.01. The Labute approximate surface area is 124 Å². The number of anilines is 1. The van der Waals surface area contributed by atoms with Gasteiger partial charge >= 0.3 is 0 Å². The Morgan fingerprint density at radius 2 is 2.16 bits per heavy atom. The Morgan fingerprint density at radius 1 is 1.42 bits per heavy atom. The van der Waals surface area contributed by atoms with Crippen molar-refractivity contribution in [3.05, 3.63) is 17.5 Å². The maximum atomic E-state index is 5.42. The monoisotopic (exact) mass is 303 g/mol. The number of hydrogen-bond acceptors (Lipinski definition) is 2. The molecule has 0 aliphatic carbocycles. The first kappa shape index (κ1) is 17.7. The summed E-state index contributed by atoms with van der Waals surface area (Å²) in [4.78, 5) is 8.60. The number of nitrogens with two attached hydrogens (primary N) is 2. The molecular formula is C12H22ClN5S. The zero-order valence-corrected chi connectivity index (χ0v) is 12.9. The van der Waals surface area contributed by atoms with Crippen molar-refractivity contribution >= 4 is 40.7 Å². The average Bonchev–Trinajstić information content (AvgIpc) is 2.80. The van der Waals surface area contributed by atoms with Gasteiger partial charge in [-0.15, -0.1) is 23.7 Å². The van der Waals surface area contributed by atoms with Crippen LogP contribution in [-0.4, -0.2) is 18.0 Å². The lowest BCUT2D eigenvalue weighted by Crippen LogP contribution is -2.26. The van der Waals surface area contributed by atoms with E-state index in [1.54, 1.807) is 11.3 Å². The van der Waals surface area contributed by atoms with Gasteiger partial charge in [-0.2, -0.15) is 4.99 Å². The van der Waals surface area contributed by atoms with Gasteiger partial charge in [-0.05, 0) is 30.4 Å². The molecule has 1 rings (SSSR count). The lowest BCUT2D eigenvalue weighted by Gasteiger charge is -2.11. The van der Waals surface area contributed by atoms with Crippen LogP contribution in [0, 0.1) is 0 Å². The lowest BCUT2D eigenvalue weighted by molar-refractivity contribution is 0.588. The number of hydrogen-bond donors (Lipinski definition) is 3. The number of rotatable bonds is 5.